The summed E-state index contributed by atoms with van der Waals surface area (Å²) < 4.78 is 28.5. The Morgan fingerprint density at radius 1 is 1.29 bits per heavy atom. The van der Waals surface area contributed by atoms with Gasteiger partial charge in [0.1, 0.15) is 0 Å². The monoisotopic (exact) mass is 311 g/mol. The van der Waals surface area contributed by atoms with Gasteiger partial charge in [-0.25, -0.2) is 4.72 Å². The van der Waals surface area contributed by atoms with Crippen LogP contribution in [0.15, 0.2) is 24.3 Å². The Morgan fingerprint density at radius 2 is 1.95 bits per heavy atom. The van der Waals surface area contributed by atoms with E-state index in [0.717, 1.165) is 13.0 Å². The maximum Gasteiger partial charge on any atom is 0.279 e. The van der Waals surface area contributed by atoms with Gasteiger partial charge in [-0.15, -0.1) is 0 Å². The van der Waals surface area contributed by atoms with Crippen molar-refractivity contribution in [3.8, 4) is 0 Å². The molecule has 0 fully saturated rings. The molecule has 0 saturated heterocycles. The number of rotatable bonds is 7. The van der Waals surface area contributed by atoms with Crippen LogP contribution in [0.25, 0.3) is 0 Å². The van der Waals surface area contributed by atoms with Crippen LogP contribution in [-0.2, 0) is 16.6 Å². The first-order valence-corrected chi connectivity index (χ1v) is 9.02. The highest BCUT2D eigenvalue weighted by Crippen LogP contribution is 2.28. The van der Waals surface area contributed by atoms with Gasteiger partial charge in [-0.2, -0.15) is 12.7 Å². The number of para-hydroxylation sites is 1. The summed E-state index contributed by atoms with van der Waals surface area (Å²) in [6, 6.07) is 8.47. The van der Waals surface area contributed by atoms with Crippen LogP contribution in [-0.4, -0.2) is 44.9 Å². The lowest BCUT2D eigenvalue weighted by molar-refractivity contribution is 0.432. The van der Waals surface area contributed by atoms with E-state index in [-0.39, 0.29) is 6.04 Å². The maximum absolute atomic E-state index is 12.2. The number of hydrogen-bond donors (Lipinski definition) is 1. The molecule has 0 unspecified atom stereocenters. The lowest BCUT2D eigenvalue weighted by Gasteiger charge is -2.28. The Balaban J connectivity index is 1.99. The van der Waals surface area contributed by atoms with Gasteiger partial charge in [0.2, 0.25) is 0 Å². The van der Waals surface area contributed by atoms with E-state index in [2.05, 4.69) is 34.7 Å². The van der Waals surface area contributed by atoms with Gasteiger partial charge in [0, 0.05) is 37.9 Å². The molecule has 0 bridgehead atoms. The van der Waals surface area contributed by atoms with Crippen molar-refractivity contribution in [3.05, 3.63) is 29.8 Å². The molecule has 2 rings (SSSR count). The van der Waals surface area contributed by atoms with E-state index in [1.54, 1.807) is 0 Å². The first-order chi connectivity index (χ1) is 9.99. The van der Waals surface area contributed by atoms with Crippen molar-refractivity contribution in [1.82, 2.24) is 9.03 Å². The van der Waals surface area contributed by atoms with Crippen LogP contribution in [0.4, 0.5) is 5.69 Å². The second-order valence-electron chi connectivity index (χ2n) is 5.36. The molecule has 21 heavy (non-hydrogen) atoms. The number of nitrogens with zero attached hydrogens (tertiary/aromatic N) is 2. The van der Waals surface area contributed by atoms with E-state index in [1.165, 1.54) is 15.6 Å². The number of anilines is 1. The Kier molecular flexibility index (Phi) is 5.24. The molecule has 1 aromatic carbocycles. The van der Waals surface area contributed by atoms with E-state index in [4.69, 9.17) is 0 Å². The third kappa shape index (κ3) is 3.56. The average Bonchev–Trinajstić information content (AvgIpc) is 2.90. The molecule has 1 heterocycles. The SMILES string of the molecule is CCN(CC)S(=O)(=O)NC[C@@H](C)N1CCc2ccccc21. The smallest absolute Gasteiger partial charge is 0.279 e. The summed E-state index contributed by atoms with van der Waals surface area (Å²) in [5, 5.41) is 0. The summed E-state index contributed by atoms with van der Waals surface area (Å²) in [6.45, 7) is 8.12. The minimum atomic E-state index is -3.37. The molecule has 1 aliphatic rings. The van der Waals surface area contributed by atoms with E-state index >= 15 is 0 Å². The number of fused-ring (bicyclic) bond motifs is 1. The lowest BCUT2D eigenvalue weighted by Crippen LogP contribution is -2.46. The van der Waals surface area contributed by atoms with E-state index < -0.39 is 10.2 Å². The zero-order valence-corrected chi connectivity index (χ0v) is 13.9. The van der Waals surface area contributed by atoms with Crippen LogP contribution in [0.5, 0.6) is 0 Å². The molecular formula is C15H25N3O2S. The number of hydrogen-bond acceptors (Lipinski definition) is 3. The molecule has 118 valence electrons. The molecule has 0 radical (unpaired) electrons. The number of benzene rings is 1. The van der Waals surface area contributed by atoms with Crippen molar-refractivity contribution in [2.45, 2.75) is 33.2 Å². The van der Waals surface area contributed by atoms with Crippen molar-refractivity contribution in [1.29, 1.82) is 0 Å². The fourth-order valence-corrected chi connectivity index (χ4v) is 4.13. The molecule has 5 nitrogen and oxygen atoms in total. The summed E-state index contributed by atoms with van der Waals surface area (Å²) >= 11 is 0. The minimum Gasteiger partial charge on any atom is -0.367 e. The maximum atomic E-state index is 12.2. The summed E-state index contributed by atoms with van der Waals surface area (Å²) in [5.74, 6) is 0. The zero-order chi connectivity index (χ0) is 15.5. The standard InChI is InChI=1S/C15H25N3O2S/c1-4-17(5-2)21(19,20)16-12-13(3)18-11-10-14-8-6-7-9-15(14)18/h6-9,13,16H,4-5,10-12H2,1-3H3/t13-/m1/s1. The van der Waals surface area contributed by atoms with Crippen molar-refractivity contribution >= 4 is 15.9 Å². The van der Waals surface area contributed by atoms with Crippen LogP contribution in [0, 0.1) is 0 Å². The highest BCUT2D eigenvalue weighted by Gasteiger charge is 2.25. The van der Waals surface area contributed by atoms with Crippen LogP contribution in [0.3, 0.4) is 0 Å². The zero-order valence-electron chi connectivity index (χ0n) is 13.0. The quantitative estimate of drug-likeness (QED) is 0.832. The van der Waals surface area contributed by atoms with Crippen LogP contribution in [0.1, 0.15) is 26.3 Å². The minimum absolute atomic E-state index is 0.138. The third-order valence-electron chi connectivity index (χ3n) is 4.06. The first-order valence-electron chi connectivity index (χ1n) is 7.58. The van der Waals surface area contributed by atoms with Crippen molar-refractivity contribution in [2.75, 3.05) is 31.1 Å². The molecule has 0 amide bonds. The Morgan fingerprint density at radius 3 is 2.62 bits per heavy atom. The molecular weight excluding hydrogens is 286 g/mol. The fraction of sp³-hybridized carbons (Fsp3) is 0.600. The highest BCUT2D eigenvalue weighted by molar-refractivity contribution is 7.87. The first kappa shape index (κ1) is 16.3. The predicted molar refractivity (Wildman–Crippen MR) is 86.8 cm³/mol. The summed E-state index contributed by atoms with van der Waals surface area (Å²) in [6.07, 6.45) is 1.03. The predicted octanol–water partition coefficient (Wildman–Crippen LogP) is 1.61. The topological polar surface area (TPSA) is 52.7 Å². The summed E-state index contributed by atoms with van der Waals surface area (Å²) in [4.78, 5) is 2.28. The van der Waals surface area contributed by atoms with Gasteiger partial charge in [-0.1, -0.05) is 32.0 Å². The molecule has 0 aromatic heterocycles. The molecule has 0 spiro atoms. The van der Waals surface area contributed by atoms with E-state index in [9.17, 15) is 8.42 Å². The molecule has 1 N–H and O–H groups in total. The Bertz CT molecular complexity index is 570. The van der Waals surface area contributed by atoms with E-state index in [1.807, 2.05) is 19.9 Å². The Hall–Kier alpha value is -1.11. The normalized spacial score (nSPS) is 16.3. The van der Waals surface area contributed by atoms with E-state index in [0.29, 0.717) is 19.6 Å². The molecule has 0 aliphatic carbocycles. The average molecular weight is 311 g/mol. The van der Waals surface area contributed by atoms with Gasteiger partial charge in [0.15, 0.2) is 0 Å². The largest absolute Gasteiger partial charge is 0.367 e. The Labute approximate surface area is 128 Å². The van der Waals surface area contributed by atoms with Crippen molar-refractivity contribution in [3.63, 3.8) is 0 Å². The van der Waals surface area contributed by atoms with Gasteiger partial charge in [-0.3, -0.25) is 0 Å². The third-order valence-corrected chi connectivity index (χ3v) is 5.79. The molecule has 1 aromatic rings. The molecule has 6 heteroatoms. The van der Waals surface area contributed by atoms with Gasteiger partial charge >= 0.3 is 0 Å². The second kappa shape index (κ2) is 6.77. The summed E-state index contributed by atoms with van der Waals surface area (Å²) in [7, 11) is -3.37. The fourth-order valence-electron chi connectivity index (χ4n) is 2.81. The van der Waals surface area contributed by atoms with Gasteiger partial charge in [0.25, 0.3) is 10.2 Å². The molecule has 0 saturated carbocycles. The van der Waals surface area contributed by atoms with Crippen LogP contribution in [0.2, 0.25) is 0 Å². The van der Waals surface area contributed by atoms with Gasteiger partial charge in [0.05, 0.1) is 0 Å². The highest BCUT2D eigenvalue weighted by atomic mass is 32.2. The molecule has 1 aliphatic heterocycles. The van der Waals surface area contributed by atoms with Crippen molar-refractivity contribution in [2.24, 2.45) is 0 Å². The van der Waals surface area contributed by atoms with Gasteiger partial charge < -0.3 is 4.90 Å². The molecule has 1 atom stereocenters. The summed E-state index contributed by atoms with van der Waals surface area (Å²) in [5.41, 5.74) is 2.57. The lowest BCUT2D eigenvalue weighted by atomic mass is 10.2. The van der Waals surface area contributed by atoms with Crippen LogP contribution >= 0.6 is 0 Å². The number of nitrogens with one attached hydrogen (secondary N) is 1. The van der Waals surface area contributed by atoms with Gasteiger partial charge in [-0.05, 0) is 25.0 Å². The van der Waals surface area contributed by atoms with Crippen LogP contribution < -0.4 is 9.62 Å². The second-order valence-corrected chi connectivity index (χ2v) is 7.11. The van der Waals surface area contributed by atoms with Crippen molar-refractivity contribution < 1.29 is 8.42 Å².